The molecule has 2 heterocycles. The topological polar surface area (TPSA) is 85.4 Å². The molecule has 1 saturated heterocycles. The number of aryl methyl sites for hydroxylation is 1. The van der Waals surface area contributed by atoms with E-state index in [4.69, 9.17) is 9.47 Å². The van der Waals surface area contributed by atoms with Crippen molar-refractivity contribution in [3.8, 4) is 0 Å². The Bertz CT molecular complexity index is 1170. The first-order valence-electron chi connectivity index (χ1n) is 11.6. The molecule has 1 aromatic heterocycles. The number of carbonyl (C=O) groups excluding carboxylic acids is 1. The van der Waals surface area contributed by atoms with Crippen molar-refractivity contribution in [2.45, 2.75) is 70.3 Å². The Morgan fingerprint density at radius 2 is 1.76 bits per heavy atom. The van der Waals surface area contributed by atoms with Crippen LogP contribution in [0.3, 0.4) is 0 Å². The molecule has 37 heavy (non-hydrogen) atoms. The van der Waals surface area contributed by atoms with Crippen LogP contribution in [0.25, 0.3) is 0 Å². The molecular weight excluding hydrogens is 506 g/mol. The van der Waals surface area contributed by atoms with Crippen LogP contribution in [0.5, 0.6) is 0 Å². The average molecular weight is 532 g/mol. The van der Waals surface area contributed by atoms with Gasteiger partial charge in [0, 0.05) is 0 Å². The molecule has 1 aliphatic carbocycles. The fourth-order valence-electron chi connectivity index (χ4n) is 4.44. The minimum Gasteiger partial charge on any atom is -0.363 e. The Hall–Kier alpha value is -2.93. The Kier molecular flexibility index (Phi) is 7.14. The van der Waals surface area contributed by atoms with Crippen LogP contribution in [0.2, 0.25) is 0 Å². The summed E-state index contributed by atoms with van der Waals surface area (Å²) < 4.78 is 91.4. The lowest BCUT2D eigenvalue weighted by atomic mass is 9.97. The van der Waals surface area contributed by atoms with Gasteiger partial charge in [0.15, 0.2) is 6.29 Å². The van der Waals surface area contributed by atoms with Crippen LogP contribution < -0.4 is 10.6 Å². The van der Waals surface area contributed by atoms with Gasteiger partial charge in [-0.3, -0.25) is 4.79 Å². The minimum absolute atomic E-state index is 0.0391. The Labute approximate surface area is 209 Å². The summed E-state index contributed by atoms with van der Waals surface area (Å²) in [6, 6.07) is 3.19. The van der Waals surface area contributed by atoms with Crippen LogP contribution in [0.1, 0.15) is 65.9 Å². The van der Waals surface area contributed by atoms with E-state index in [2.05, 4.69) is 20.6 Å². The van der Waals surface area contributed by atoms with Crippen molar-refractivity contribution in [2.75, 3.05) is 18.5 Å². The third-order valence-electron chi connectivity index (χ3n) is 6.49. The molecule has 0 unspecified atom stereocenters. The van der Waals surface area contributed by atoms with Crippen molar-refractivity contribution in [2.24, 2.45) is 0 Å². The number of benzene rings is 1. The van der Waals surface area contributed by atoms with Crippen LogP contribution in [-0.2, 0) is 26.9 Å². The molecule has 0 bridgehead atoms. The fourth-order valence-corrected chi connectivity index (χ4v) is 4.44. The SMILES string of the molecule is Cc1nc(CC(=O)NC2(C(F)(F)F)CC2)c(C2OCCO2)c(N[C@H](C)c2cccc(C(F)(F)F)c2C)n1. The summed E-state index contributed by atoms with van der Waals surface area (Å²) in [5, 5.41) is 5.15. The summed E-state index contributed by atoms with van der Waals surface area (Å²) >= 11 is 0. The van der Waals surface area contributed by atoms with Crippen LogP contribution in [0, 0.1) is 13.8 Å². The van der Waals surface area contributed by atoms with E-state index in [1.807, 2.05) is 0 Å². The number of aromatic nitrogens is 2. The van der Waals surface area contributed by atoms with Crippen molar-refractivity contribution in [3.05, 3.63) is 52.0 Å². The zero-order chi connectivity index (χ0) is 27.2. The number of halogens is 6. The monoisotopic (exact) mass is 532 g/mol. The molecule has 1 aromatic carbocycles. The summed E-state index contributed by atoms with van der Waals surface area (Å²) in [6.07, 6.45) is -11.0. The third-order valence-corrected chi connectivity index (χ3v) is 6.49. The first-order chi connectivity index (χ1) is 17.2. The minimum atomic E-state index is -4.57. The summed E-state index contributed by atoms with van der Waals surface area (Å²) in [4.78, 5) is 21.3. The second kappa shape index (κ2) is 9.75. The summed E-state index contributed by atoms with van der Waals surface area (Å²) in [7, 11) is 0. The number of carbonyl (C=O) groups is 1. The standard InChI is InChI=1S/C24H26F6N4O3/c1-12-15(5-4-6-16(12)23(25,26)27)13(2)31-20-19(21-36-9-10-37-21)17(32-14(3)33-20)11-18(35)34-22(7-8-22)24(28,29)30/h4-6,13,21H,7-11H2,1-3H3,(H,34,35)(H,31,32,33)/t13-/m1/s1. The van der Waals surface area contributed by atoms with Gasteiger partial charge in [0.2, 0.25) is 5.91 Å². The molecule has 7 nitrogen and oxygen atoms in total. The molecule has 1 aliphatic heterocycles. The van der Waals surface area contributed by atoms with Gasteiger partial charge in [-0.25, -0.2) is 9.97 Å². The number of hydrogen-bond donors (Lipinski definition) is 2. The van der Waals surface area contributed by atoms with Gasteiger partial charge in [-0.2, -0.15) is 26.3 Å². The number of nitrogens with one attached hydrogen (secondary N) is 2. The maximum atomic E-state index is 13.4. The first kappa shape index (κ1) is 27.1. The van der Waals surface area contributed by atoms with Gasteiger partial charge in [0.1, 0.15) is 17.2 Å². The zero-order valence-electron chi connectivity index (χ0n) is 20.3. The Morgan fingerprint density at radius 3 is 2.32 bits per heavy atom. The highest BCUT2D eigenvalue weighted by molar-refractivity contribution is 5.80. The van der Waals surface area contributed by atoms with E-state index in [-0.39, 0.29) is 54.5 Å². The van der Waals surface area contributed by atoms with Gasteiger partial charge < -0.3 is 20.1 Å². The normalized spacial score (nSPS) is 18.5. The van der Waals surface area contributed by atoms with E-state index in [1.54, 1.807) is 13.0 Å². The van der Waals surface area contributed by atoms with Gasteiger partial charge in [0.05, 0.1) is 42.5 Å². The van der Waals surface area contributed by atoms with E-state index < -0.39 is 48.1 Å². The molecule has 2 N–H and O–H groups in total. The Morgan fingerprint density at radius 1 is 1.11 bits per heavy atom. The van der Waals surface area contributed by atoms with Crippen LogP contribution in [0.15, 0.2) is 18.2 Å². The van der Waals surface area contributed by atoms with E-state index in [0.717, 1.165) is 6.07 Å². The van der Waals surface area contributed by atoms with Crippen molar-refractivity contribution >= 4 is 11.7 Å². The van der Waals surface area contributed by atoms with Gasteiger partial charge in [-0.05, 0) is 50.8 Å². The number of amides is 1. The molecular formula is C24H26F6N4O3. The highest BCUT2D eigenvalue weighted by Gasteiger charge is 2.64. The van der Waals surface area contributed by atoms with Crippen molar-refractivity contribution in [1.29, 1.82) is 0 Å². The lowest BCUT2D eigenvalue weighted by molar-refractivity contribution is -0.170. The molecule has 1 atom stereocenters. The summed E-state index contributed by atoms with van der Waals surface area (Å²) in [6.45, 7) is 5.00. The predicted molar refractivity (Wildman–Crippen MR) is 119 cm³/mol. The second-order valence-corrected chi connectivity index (χ2v) is 9.24. The number of anilines is 1. The predicted octanol–water partition coefficient (Wildman–Crippen LogP) is 5.08. The van der Waals surface area contributed by atoms with Crippen molar-refractivity contribution in [1.82, 2.24) is 15.3 Å². The summed E-state index contributed by atoms with van der Waals surface area (Å²) in [5.74, 6) is -0.514. The molecule has 2 aliphatic rings. The lowest BCUT2D eigenvalue weighted by Gasteiger charge is -2.24. The van der Waals surface area contributed by atoms with Gasteiger partial charge >= 0.3 is 12.4 Å². The molecule has 0 radical (unpaired) electrons. The fraction of sp³-hybridized carbons (Fsp3) is 0.542. The quantitative estimate of drug-likeness (QED) is 0.484. The highest BCUT2D eigenvalue weighted by Crippen LogP contribution is 2.49. The smallest absolute Gasteiger partial charge is 0.363 e. The number of ether oxygens (including phenoxy) is 2. The maximum Gasteiger partial charge on any atom is 0.416 e. The van der Waals surface area contributed by atoms with Gasteiger partial charge in [0.25, 0.3) is 0 Å². The number of hydrogen-bond acceptors (Lipinski definition) is 6. The Balaban J connectivity index is 1.66. The second-order valence-electron chi connectivity index (χ2n) is 9.24. The van der Waals surface area contributed by atoms with Crippen molar-refractivity contribution < 1.29 is 40.6 Å². The van der Waals surface area contributed by atoms with E-state index >= 15 is 0 Å². The van der Waals surface area contributed by atoms with E-state index in [1.165, 1.54) is 19.9 Å². The molecule has 4 rings (SSSR count). The zero-order valence-corrected chi connectivity index (χ0v) is 20.3. The number of rotatable bonds is 7. The average Bonchev–Trinajstić information content (AvgIpc) is 3.36. The molecule has 13 heteroatoms. The van der Waals surface area contributed by atoms with E-state index in [0.29, 0.717) is 5.56 Å². The van der Waals surface area contributed by atoms with Gasteiger partial charge in [-0.15, -0.1) is 0 Å². The molecule has 202 valence electrons. The van der Waals surface area contributed by atoms with Crippen LogP contribution >= 0.6 is 0 Å². The first-order valence-corrected chi connectivity index (χ1v) is 11.6. The molecule has 1 saturated carbocycles. The van der Waals surface area contributed by atoms with E-state index in [9.17, 15) is 31.1 Å². The number of alkyl halides is 6. The van der Waals surface area contributed by atoms with Crippen molar-refractivity contribution in [3.63, 3.8) is 0 Å². The number of nitrogens with zero attached hydrogens (tertiary/aromatic N) is 2. The summed E-state index contributed by atoms with van der Waals surface area (Å²) in [5.41, 5.74) is -2.28. The maximum absolute atomic E-state index is 13.4. The van der Waals surface area contributed by atoms with Crippen LogP contribution in [-0.4, -0.2) is 40.8 Å². The molecule has 2 aromatic rings. The third kappa shape index (κ3) is 5.66. The molecule has 1 amide bonds. The highest BCUT2D eigenvalue weighted by atomic mass is 19.4. The lowest BCUT2D eigenvalue weighted by Crippen LogP contribution is -2.48. The van der Waals surface area contributed by atoms with Gasteiger partial charge in [-0.1, -0.05) is 12.1 Å². The molecule has 2 fully saturated rings. The molecule has 0 spiro atoms. The van der Waals surface area contributed by atoms with Crippen LogP contribution in [0.4, 0.5) is 32.2 Å². The largest absolute Gasteiger partial charge is 0.416 e.